The Morgan fingerprint density at radius 1 is 1.39 bits per heavy atom. The van der Waals surface area contributed by atoms with E-state index in [0.29, 0.717) is 11.4 Å². The summed E-state index contributed by atoms with van der Waals surface area (Å²) < 4.78 is 1.63. The molecule has 6 heteroatoms. The molecule has 0 unspecified atom stereocenters. The Hall–Kier alpha value is -1.88. The molecule has 0 fully saturated rings. The van der Waals surface area contributed by atoms with Gasteiger partial charge in [0.2, 0.25) is 0 Å². The van der Waals surface area contributed by atoms with Crippen LogP contribution in [0.25, 0.3) is 5.69 Å². The van der Waals surface area contributed by atoms with Crippen molar-refractivity contribution in [1.82, 2.24) is 9.78 Å². The molecule has 0 saturated carbocycles. The Kier molecular flexibility index (Phi) is 3.34. The van der Waals surface area contributed by atoms with Crippen molar-refractivity contribution < 1.29 is 4.92 Å². The molecule has 0 aliphatic heterocycles. The van der Waals surface area contributed by atoms with Crippen LogP contribution in [0.4, 0.5) is 5.69 Å². The van der Waals surface area contributed by atoms with Crippen molar-refractivity contribution in [3.8, 4) is 5.69 Å². The zero-order valence-electron chi connectivity index (χ0n) is 10.1. The van der Waals surface area contributed by atoms with Gasteiger partial charge in [-0.25, -0.2) is 4.68 Å². The van der Waals surface area contributed by atoms with Crippen LogP contribution < -0.4 is 0 Å². The highest BCUT2D eigenvalue weighted by molar-refractivity contribution is 6.16. The van der Waals surface area contributed by atoms with E-state index >= 15 is 0 Å². The Balaban J connectivity index is 2.62. The van der Waals surface area contributed by atoms with Crippen molar-refractivity contribution in [1.29, 1.82) is 0 Å². The van der Waals surface area contributed by atoms with Gasteiger partial charge in [-0.1, -0.05) is 6.07 Å². The molecule has 0 saturated heterocycles. The fourth-order valence-corrected chi connectivity index (χ4v) is 2.08. The summed E-state index contributed by atoms with van der Waals surface area (Å²) >= 11 is 5.70. The van der Waals surface area contributed by atoms with E-state index < -0.39 is 0 Å². The third-order valence-electron chi connectivity index (χ3n) is 2.81. The van der Waals surface area contributed by atoms with E-state index in [2.05, 4.69) is 5.10 Å². The highest BCUT2D eigenvalue weighted by Gasteiger charge is 2.17. The minimum atomic E-state index is -0.385. The summed E-state index contributed by atoms with van der Waals surface area (Å²) in [5.41, 5.74) is 3.10. The third kappa shape index (κ3) is 2.09. The SMILES string of the molecule is Cc1ccc([N+](=O)[O-])c(C)c1-n1ccc(CCl)n1. The van der Waals surface area contributed by atoms with Crippen LogP contribution in [-0.4, -0.2) is 14.7 Å². The number of nitro benzene ring substituents is 1. The van der Waals surface area contributed by atoms with E-state index in [0.717, 1.165) is 16.9 Å². The van der Waals surface area contributed by atoms with Crippen molar-refractivity contribution in [3.63, 3.8) is 0 Å². The topological polar surface area (TPSA) is 61.0 Å². The Labute approximate surface area is 109 Å². The van der Waals surface area contributed by atoms with Crippen LogP contribution in [0.2, 0.25) is 0 Å². The lowest BCUT2D eigenvalue weighted by molar-refractivity contribution is -0.385. The van der Waals surface area contributed by atoms with Gasteiger partial charge < -0.3 is 0 Å². The van der Waals surface area contributed by atoms with Gasteiger partial charge >= 0.3 is 0 Å². The summed E-state index contributed by atoms with van der Waals surface area (Å²) in [5.74, 6) is 0.319. The van der Waals surface area contributed by atoms with Gasteiger partial charge in [-0.3, -0.25) is 10.1 Å². The molecule has 0 aliphatic carbocycles. The number of rotatable bonds is 3. The highest BCUT2D eigenvalue weighted by Crippen LogP contribution is 2.27. The molecule has 0 atom stereocenters. The monoisotopic (exact) mass is 265 g/mol. The molecule has 18 heavy (non-hydrogen) atoms. The molecular weight excluding hydrogens is 254 g/mol. The molecule has 1 heterocycles. The molecule has 0 spiro atoms. The molecule has 1 aromatic heterocycles. The maximum absolute atomic E-state index is 10.9. The van der Waals surface area contributed by atoms with Gasteiger partial charge in [0.1, 0.15) is 0 Å². The van der Waals surface area contributed by atoms with Gasteiger partial charge in [0.15, 0.2) is 0 Å². The van der Waals surface area contributed by atoms with E-state index in [4.69, 9.17) is 11.6 Å². The highest BCUT2D eigenvalue weighted by atomic mass is 35.5. The van der Waals surface area contributed by atoms with Crippen LogP contribution >= 0.6 is 11.6 Å². The first kappa shape index (κ1) is 12.6. The molecule has 0 radical (unpaired) electrons. The lowest BCUT2D eigenvalue weighted by atomic mass is 10.1. The first-order valence-corrected chi connectivity index (χ1v) is 5.93. The molecule has 2 rings (SSSR count). The Morgan fingerprint density at radius 2 is 2.11 bits per heavy atom. The number of hydrogen-bond donors (Lipinski definition) is 0. The smallest absolute Gasteiger partial charge is 0.258 e. The van der Waals surface area contributed by atoms with Crippen LogP contribution in [-0.2, 0) is 5.88 Å². The maximum Gasteiger partial charge on any atom is 0.274 e. The molecule has 0 N–H and O–H groups in total. The molecule has 94 valence electrons. The molecule has 1 aromatic carbocycles. The third-order valence-corrected chi connectivity index (χ3v) is 3.08. The molecule has 0 aliphatic rings. The van der Waals surface area contributed by atoms with Crippen LogP contribution in [0.1, 0.15) is 16.8 Å². The number of aryl methyl sites for hydroxylation is 1. The first-order chi connectivity index (χ1) is 8.54. The molecule has 2 aromatic rings. The second-order valence-corrected chi connectivity index (χ2v) is 4.28. The van der Waals surface area contributed by atoms with Crippen molar-refractivity contribution in [2.24, 2.45) is 0 Å². The van der Waals surface area contributed by atoms with Crippen molar-refractivity contribution >= 4 is 17.3 Å². The van der Waals surface area contributed by atoms with Gasteiger partial charge in [0.25, 0.3) is 5.69 Å². The first-order valence-electron chi connectivity index (χ1n) is 5.40. The number of benzene rings is 1. The van der Waals surface area contributed by atoms with Crippen LogP contribution in [0, 0.1) is 24.0 Å². The van der Waals surface area contributed by atoms with Crippen LogP contribution in [0.3, 0.4) is 0 Å². The number of nitro groups is 1. The zero-order valence-corrected chi connectivity index (χ0v) is 10.8. The summed E-state index contributed by atoms with van der Waals surface area (Å²) in [7, 11) is 0. The van der Waals surface area contributed by atoms with E-state index in [1.54, 1.807) is 29.9 Å². The molecule has 5 nitrogen and oxygen atoms in total. The number of halogens is 1. The second-order valence-electron chi connectivity index (χ2n) is 4.02. The fraction of sp³-hybridized carbons (Fsp3) is 0.250. The lowest BCUT2D eigenvalue weighted by Crippen LogP contribution is -2.04. The zero-order chi connectivity index (χ0) is 13.3. The number of aromatic nitrogens is 2. The predicted molar refractivity (Wildman–Crippen MR) is 69.2 cm³/mol. The second kappa shape index (κ2) is 4.78. The predicted octanol–water partition coefficient (Wildman–Crippen LogP) is 3.14. The van der Waals surface area contributed by atoms with E-state index in [1.165, 1.54) is 6.07 Å². The molecular formula is C12H12ClN3O2. The molecule has 0 bridgehead atoms. The summed E-state index contributed by atoms with van der Waals surface area (Å²) in [5, 5.41) is 15.2. The number of alkyl halides is 1. The quantitative estimate of drug-likeness (QED) is 0.487. The maximum atomic E-state index is 10.9. The van der Waals surface area contributed by atoms with Gasteiger partial charge in [-0.05, 0) is 25.5 Å². The van der Waals surface area contributed by atoms with E-state index in [-0.39, 0.29) is 10.6 Å². The van der Waals surface area contributed by atoms with Crippen molar-refractivity contribution in [3.05, 3.63) is 51.3 Å². The summed E-state index contributed by atoms with van der Waals surface area (Å²) in [6.07, 6.45) is 1.76. The van der Waals surface area contributed by atoms with Crippen molar-refractivity contribution in [2.45, 2.75) is 19.7 Å². The van der Waals surface area contributed by atoms with Gasteiger partial charge in [0.05, 0.1) is 27.7 Å². The lowest BCUT2D eigenvalue weighted by Gasteiger charge is -2.09. The standard InChI is InChI=1S/C12H12ClN3O2/c1-8-3-4-11(16(17)18)9(2)12(8)15-6-5-10(7-13)14-15/h3-6H,7H2,1-2H3. The van der Waals surface area contributed by atoms with Crippen molar-refractivity contribution in [2.75, 3.05) is 0 Å². The summed E-state index contributed by atoms with van der Waals surface area (Å²) in [6, 6.07) is 5.04. The number of nitrogens with zero attached hydrogens (tertiary/aromatic N) is 3. The Bertz CT molecular complexity index is 607. The fourth-order valence-electron chi connectivity index (χ4n) is 1.93. The minimum absolute atomic E-state index is 0.0959. The summed E-state index contributed by atoms with van der Waals surface area (Å²) in [6.45, 7) is 3.62. The van der Waals surface area contributed by atoms with Crippen LogP contribution in [0.5, 0.6) is 0 Å². The van der Waals surface area contributed by atoms with Gasteiger partial charge in [-0.15, -0.1) is 11.6 Å². The average Bonchev–Trinajstić information content (AvgIpc) is 2.77. The van der Waals surface area contributed by atoms with Gasteiger partial charge in [0, 0.05) is 12.3 Å². The van der Waals surface area contributed by atoms with Gasteiger partial charge in [-0.2, -0.15) is 5.10 Å². The largest absolute Gasteiger partial charge is 0.274 e. The normalized spacial score (nSPS) is 10.6. The number of hydrogen-bond acceptors (Lipinski definition) is 3. The Morgan fingerprint density at radius 3 is 2.67 bits per heavy atom. The minimum Gasteiger partial charge on any atom is -0.258 e. The molecule has 0 amide bonds. The average molecular weight is 266 g/mol. The van der Waals surface area contributed by atoms with Crippen LogP contribution in [0.15, 0.2) is 24.4 Å². The van der Waals surface area contributed by atoms with E-state index in [1.807, 2.05) is 6.92 Å². The van der Waals surface area contributed by atoms with E-state index in [9.17, 15) is 10.1 Å². The summed E-state index contributed by atoms with van der Waals surface area (Å²) in [4.78, 5) is 10.5.